The van der Waals surface area contributed by atoms with Gasteiger partial charge in [-0.2, -0.15) is 0 Å². The van der Waals surface area contributed by atoms with E-state index in [1.165, 1.54) is 18.2 Å². The van der Waals surface area contributed by atoms with Gasteiger partial charge in [0.1, 0.15) is 9.84 Å². The summed E-state index contributed by atoms with van der Waals surface area (Å²) < 4.78 is 22.2. The summed E-state index contributed by atoms with van der Waals surface area (Å²) in [5.41, 5.74) is 6.08. The maximum absolute atomic E-state index is 11.1. The maximum atomic E-state index is 11.1. The second-order valence-electron chi connectivity index (χ2n) is 4.21. The molecule has 0 amide bonds. The van der Waals surface area contributed by atoms with E-state index in [4.69, 9.17) is 5.73 Å². The van der Waals surface area contributed by atoms with E-state index in [0.29, 0.717) is 5.69 Å². The minimum atomic E-state index is -3.11. The first-order valence-corrected chi connectivity index (χ1v) is 7.22. The highest BCUT2D eigenvalue weighted by Crippen LogP contribution is 2.22. The molecule has 0 bridgehead atoms. The number of nitro groups is 1. The van der Waals surface area contributed by atoms with E-state index in [2.05, 4.69) is 5.32 Å². The Morgan fingerprint density at radius 3 is 2.56 bits per heavy atom. The predicted molar refractivity (Wildman–Crippen MR) is 70.3 cm³/mol. The summed E-state index contributed by atoms with van der Waals surface area (Å²) in [5.74, 6) is -0.0599. The van der Waals surface area contributed by atoms with Crippen molar-refractivity contribution in [3.8, 4) is 0 Å². The van der Waals surface area contributed by atoms with Crippen LogP contribution >= 0.6 is 0 Å². The van der Waals surface area contributed by atoms with Crippen molar-refractivity contribution >= 4 is 26.9 Å². The number of benzene rings is 1. The number of hydrogen-bond acceptors (Lipinski definition) is 6. The summed E-state index contributed by atoms with van der Waals surface area (Å²) in [6.45, 7) is 1.68. The predicted octanol–water partition coefficient (Wildman–Crippen LogP) is 1.02. The van der Waals surface area contributed by atoms with Gasteiger partial charge >= 0.3 is 0 Å². The van der Waals surface area contributed by atoms with E-state index in [-0.39, 0.29) is 23.2 Å². The van der Waals surface area contributed by atoms with E-state index in [9.17, 15) is 18.5 Å². The number of non-ortho nitro benzene ring substituents is 1. The molecule has 1 atom stereocenters. The molecule has 0 fully saturated rings. The van der Waals surface area contributed by atoms with Gasteiger partial charge in [-0.15, -0.1) is 0 Å². The van der Waals surface area contributed by atoms with Crippen molar-refractivity contribution in [2.45, 2.75) is 13.0 Å². The van der Waals surface area contributed by atoms with Gasteiger partial charge < -0.3 is 11.1 Å². The Morgan fingerprint density at radius 1 is 1.44 bits per heavy atom. The van der Waals surface area contributed by atoms with E-state index in [1.807, 2.05) is 0 Å². The molecule has 7 nitrogen and oxygen atoms in total. The zero-order chi connectivity index (χ0) is 13.9. The number of nitrogens with one attached hydrogen (secondary N) is 1. The van der Waals surface area contributed by atoms with Crippen LogP contribution in [-0.2, 0) is 9.84 Å². The molecule has 1 aromatic carbocycles. The summed E-state index contributed by atoms with van der Waals surface area (Å²) in [6, 6.07) is 3.72. The minimum Gasteiger partial charge on any atom is -0.398 e. The average molecular weight is 273 g/mol. The number of nitrogen functional groups attached to an aromatic ring is 1. The van der Waals surface area contributed by atoms with Gasteiger partial charge in [0.15, 0.2) is 0 Å². The molecule has 8 heteroatoms. The molecule has 0 heterocycles. The summed E-state index contributed by atoms with van der Waals surface area (Å²) >= 11 is 0. The third kappa shape index (κ3) is 4.58. The second kappa shape index (κ2) is 5.21. The van der Waals surface area contributed by atoms with Gasteiger partial charge in [-0.05, 0) is 13.0 Å². The Bertz CT molecular complexity index is 556. The quantitative estimate of drug-likeness (QED) is 0.470. The number of nitro benzene ring substituents is 1. The molecule has 1 rings (SSSR count). The Kier molecular flexibility index (Phi) is 4.12. The van der Waals surface area contributed by atoms with Crippen LogP contribution in [0.3, 0.4) is 0 Å². The largest absolute Gasteiger partial charge is 0.398 e. The molecule has 0 aliphatic rings. The number of anilines is 2. The normalized spacial score (nSPS) is 13.0. The fourth-order valence-electron chi connectivity index (χ4n) is 1.60. The molecule has 0 radical (unpaired) electrons. The summed E-state index contributed by atoms with van der Waals surface area (Å²) in [5, 5.41) is 13.5. The zero-order valence-corrected chi connectivity index (χ0v) is 10.9. The molecule has 0 aromatic heterocycles. The SMILES string of the molecule is CC(CS(C)(=O)=O)Nc1cc(N)cc([N+](=O)[O-])c1. The van der Waals surface area contributed by atoms with Crippen molar-refractivity contribution < 1.29 is 13.3 Å². The third-order valence-electron chi connectivity index (χ3n) is 2.12. The van der Waals surface area contributed by atoms with Gasteiger partial charge in [0.25, 0.3) is 5.69 Å². The molecule has 3 N–H and O–H groups in total. The minimum absolute atomic E-state index is 0.0599. The van der Waals surface area contributed by atoms with Gasteiger partial charge in [-0.25, -0.2) is 8.42 Å². The van der Waals surface area contributed by atoms with Crippen molar-refractivity contribution in [3.63, 3.8) is 0 Å². The van der Waals surface area contributed by atoms with Gasteiger partial charge in [0.05, 0.1) is 10.7 Å². The lowest BCUT2D eigenvalue weighted by Crippen LogP contribution is -2.25. The van der Waals surface area contributed by atoms with Crippen LogP contribution in [0.15, 0.2) is 18.2 Å². The lowest BCUT2D eigenvalue weighted by atomic mass is 10.2. The standard InChI is InChI=1S/C10H15N3O4S/c1-7(6-18(2,16)17)12-9-3-8(11)4-10(5-9)13(14)15/h3-5,7,12H,6,11H2,1-2H3. The number of sulfone groups is 1. The van der Waals surface area contributed by atoms with Crippen LogP contribution in [0.2, 0.25) is 0 Å². The molecule has 0 saturated carbocycles. The summed E-state index contributed by atoms with van der Waals surface area (Å²) in [4.78, 5) is 10.1. The first kappa shape index (κ1) is 14.2. The monoisotopic (exact) mass is 273 g/mol. The van der Waals surface area contributed by atoms with E-state index < -0.39 is 14.8 Å². The molecule has 1 unspecified atom stereocenters. The van der Waals surface area contributed by atoms with Crippen molar-refractivity contribution in [3.05, 3.63) is 28.3 Å². The fraction of sp³-hybridized carbons (Fsp3) is 0.400. The Hall–Kier alpha value is -1.83. The van der Waals surface area contributed by atoms with Crippen LogP contribution in [-0.4, -0.2) is 31.4 Å². The molecule has 0 spiro atoms. The Morgan fingerprint density at radius 2 is 2.06 bits per heavy atom. The van der Waals surface area contributed by atoms with E-state index >= 15 is 0 Å². The Balaban J connectivity index is 2.88. The number of nitrogens with zero attached hydrogens (tertiary/aromatic N) is 1. The molecule has 0 aliphatic carbocycles. The topological polar surface area (TPSA) is 115 Å². The van der Waals surface area contributed by atoms with Gasteiger partial charge in [-0.3, -0.25) is 10.1 Å². The van der Waals surface area contributed by atoms with Gasteiger partial charge in [0.2, 0.25) is 0 Å². The van der Waals surface area contributed by atoms with Crippen LogP contribution in [0.25, 0.3) is 0 Å². The number of rotatable bonds is 5. The molecule has 0 aliphatic heterocycles. The highest BCUT2D eigenvalue weighted by molar-refractivity contribution is 7.90. The van der Waals surface area contributed by atoms with Crippen LogP contribution in [0.4, 0.5) is 17.1 Å². The van der Waals surface area contributed by atoms with Crippen molar-refractivity contribution in [1.29, 1.82) is 0 Å². The summed E-state index contributed by atoms with van der Waals surface area (Å²) in [7, 11) is -3.11. The second-order valence-corrected chi connectivity index (χ2v) is 6.39. The molecular formula is C10H15N3O4S. The molecular weight excluding hydrogens is 258 g/mol. The molecule has 18 heavy (non-hydrogen) atoms. The van der Waals surface area contributed by atoms with Gasteiger partial charge in [0, 0.05) is 35.8 Å². The lowest BCUT2D eigenvalue weighted by Gasteiger charge is -2.14. The smallest absolute Gasteiger partial charge is 0.273 e. The van der Waals surface area contributed by atoms with Crippen molar-refractivity contribution in [1.82, 2.24) is 0 Å². The summed E-state index contributed by atoms with van der Waals surface area (Å²) in [6.07, 6.45) is 1.13. The average Bonchev–Trinajstić information content (AvgIpc) is 2.12. The van der Waals surface area contributed by atoms with Crippen LogP contribution < -0.4 is 11.1 Å². The number of hydrogen-bond donors (Lipinski definition) is 2. The first-order valence-electron chi connectivity index (χ1n) is 5.16. The van der Waals surface area contributed by atoms with Crippen molar-refractivity contribution in [2.24, 2.45) is 0 Å². The van der Waals surface area contributed by atoms with Crippen LogP contribution in [0, 0.1) is 10.1 Å². The molecule has 100 valence electrons. The lowest BCUT2D eigenvalue weighted by molar-refractivity contribution is -0.384. The highest BCUT2D eigenvalue weighted by Gasteiger charge is 2.13. The van der Waals surface area contributed by atoms with Gasteiger partial charge in [-0.1, -0.05) is 0 Å². The Labute approximate surface area is 105 Å². The van der Waals surface area contributed by atoms with Crippen LogP contribution in [0.5, 0.6) is 0 Å². The number of nitrogens with two attached hydrogens (primary N) is 1. The van der Waals surface area contributed by atoms with E-state index in [0.717, 1.165) is 6.26 Å². The maximum Gasteiger partial charge on any atom is 0.273 e. The van der Waals surface area contributed by atoms with Crippen molar-refractivity contribution in [2.75, 3.05) is 23.1 Å². The molecule has 0 saturated heterocycles. The fourth-order valence-corrected chi connectivity index (χ4v) is 2.60. The van der Waals surface area contributed by atoms with Crippen LogP contribution in [0.1, 0.15) is 6.92 Å². The highest BCUT2D eigenvalue weighted by atomic mass is 32.2. The molecule has 1 aromatic rings. The zero-order valence-electron chi connectivity index (χ0n) is 10.1. The first-order chi connectivity index (χ1) is 8.17. The van der Waals surface area contributed by atoms with E-state index in [1.54, 1.807) is 6.92 Å². The third-order valence-corrected chi connectivity index (χ3v) is 3.22.